The molecule has 4 heteroatoms. The van der Waals surface area contributed by atoms with Gasteiger partial charge in [-0.1, -0.05) is 12.1 Å². The second-order valence-electron chi connectivity index (χ2n) is 3.56. The predicted octanol–water partition coefficient (Wildman–Crippen LogP) is 0.817. The number of aromatic nitrogens is 2. The molecule has 0 aliphatic heterocycles. The van der Waals surface area contributed by atoms with Gasteiger partial charge in [-0.25, -0.2) is 4.79 Å². The molecule has 1 aromatic carbocycles. The van der Waals surface area contributed by atoms with E-state index in [1.165, 1.54) is 0 Å². The first-order valence-electron chi connectivity index (χ1n) is 4.73. The van der Waals surface area contributed by atoms with Crippen LogP contribution in [0.4, 0.5) is 5.69 Å². The molecular formula is C11H13N3O. The molecule has 0 amide bonds. The van der Waals surface area contributed by atoms with E-state index in [0.29, 0.717) is 6.54 Å². The van der Waals surface area contributed by atoms with Crippen LogP contribution in [0.25, 0.3) is 0 Å². The summed E-state index contributed by atoms with van der Waals surface area (Å²) in [4.78, 5) is 11.5. The molecule has 0 aliphatic carbocycles. The second kappa shape index (κ2) is 3.65. The molecule has 0 bridgehead atoms. The van der Waals surface area contributed by atoms with Crippen molar-refractivity contribution in [1.82, 2.24) is 9.13 Å². The van der Waals surface area contributed by atoms with E-state index in [2.05, 4.69) is 0 Å². The predicted molar refractivity (Wildman–Crippen MR) is 59.6 cm³/mol. The maximum absolute atomic E-state index is 11.5. The maximum atomic E-state index is 11.5. The number of imidazole rings is 1. The highest BCUT2D eigenvalue weighted by Crippen LogP contribution is 2.06. The van der Waals surface area contributed by atoms with Gasteiger partial charge in [0.15, 0.2) is 0 Å². The normalized spacial score (nSPS) is 10.5. The van der Waals surface area contributed by atoms with Gasteiger partial charge in [0.1, 0.15) is 0 Å². The summed E-state index contributed by atoms with van der Waals surface area (Å²) in [6.45, 7) is 0.583. The number of hydrogen-bond acceptors (Lipinski definition) is 2. The zero-order chi connectivity index (χ0) is 10.8. The SMILES string of the molecule is Cn1ccn(Cc2ccc(N)cc2)c1=O. The molecule has 0 radical (unpaired) electrons. The van der Waals surface area contributed by atoms with E-state index >= 15 is 0 Å². The number of nitrogens with two attached hydrogens (primary N) is 1. The second-order valence-corrected chi connectivity index (χ2v) is 3.56. The quantitative estimate of drug-likeness (QED) is 0.734. The molecule has 0 aliphatic rings. The van der Waals surface area contributed by atoms with Gasteiger partial charge >= 0.3 is 5.69 Å². The molecule has 0 saturated heterocycles. The summed E-state index contributed by atoms with van der Waals surface area (Å²) in [5, 5.41) is 0. The molecule has 0 unspecified atom stereocenters. The van der Waals surface area contributed by atoms with Crippen molar-refractivity contribution in [2.75, 3.05) is 5.73 Å². The lowest BCUT2D eigenvalue weighted by Crippen LogP contribution is -2.22. The van der Waals surface area contributed by atoms with E-state index in [1.54, 1.807) is 28.6 Å². The number of nitrogen functional groups attached to an aromatic ring is 1. The Bertz CT molecular complexity index is 507. The van der Waals surface area contributed by atoms with Crippen LogP contribution in [0.15, 0.2) is 41.5 Å². The molecule has 0 atom stereocenters. The van der Waals surface area contributed by atoms with Crippen LogP contribution < -0.4 is 11.4 Å². The van der Waals surface area contributed by atoms with E-state index in [4.69, 9.17) is 5.73 Å². The molecular weight excluding hydrogens is 190 g/mol. The van der Waals surface area contributed by atoms with Crippen LogP contribution in [0.2, 0.25) is 0 Å². The van der Waals surface area contributed by atoms with Crippen molar-refractivity contribution in [2.24, 2.45) is 7.05 Å². The van der Waals surface area contributed by atoms with Gasteiger partial charge in [-0.3, -0.25) is 4.57 Å². The summed E-state index contributed by atoms with van der Waals surface area (Å²) in [5.41, 5.74) is 7.38. The van der Waals surface area contributed by atoms with E-state index in [9.17, 15) is 4.79 Å². The molecule has 2 N–H and O–H groups in total. The molecule has 0 spiro atoms. The Morgan fingerprint density at radius 1 is 1.20 bits per heavy atom. The third-order valence-corrected chi connectivity index (χ3v) is 2.35. The van der Waals surface area contributed by atoms with E-state index in [0.717, 1.165) is 11.3 Å². The highest BCUT2D eigenvalue weighted by molar-refractivity contribution is 5.39. The zero-order valence-electron chi connectivity index (χ0n) is 8.55. The first-order chi connectivity index (χ1) is 7.16. The molecule has 2 rings (SSSR count). The Morgan fingerprint density at radius 2 is 1.87 bits per heavy atom. The van der Waals surface area contributed by atoms with Crippen molar-refractivity contribution in [1.29, 1.82) is 0 Å². The van der Waals surface area contributed by atoms with Crippen molar-refractivity contribution in [3.8, 4) is 0 Å². The minimum Gasteiger partial charge on any atom is -0.399 e. The van der Waals surface area contributed by atoms with Gasteiger partial charge in [0.05, 0.1) is 6.54 Å². The Kier molecular flexibility index (Phi) is 2.33. The van der Waals surface area contributed by atoms with Crippen LogP contribution in [-0.4, -0.2) is 9.13 Å². The summed E-state index contributed by atoms with van der Waals surface area (Å²) in [6, 6.07) is 7.52. The van der Waals surface area contributed by atoms with Crippen LogP contribution in [0, 0.1) is 0 Å². The number of nitrogens with zero attached hydrogens (tertiary/aromatic N) is 2. The average molecular weight is 203 g/mol. The maximum Gasteiger partial charge on any atom is 0.328 e. The number of rotatable bonds is 2. The fraction of sp³-hybridized carbons (Fsp3) is 0.182. The Balaban J connectivity index is 2.26. The molecule has 4 nitrogen and oxygen atoms in total. The van der Waals surface area contributed by atoms with Crippen molar-refractivity contribution in [2.45, 2.75) is 6.54 Å². The lowest BCUT2D eigenvalue weighted by atomic mass is 10.2. The van der Waals surface area contributed by atoms with Gasteiger partial charge < -0.3 is 10.3 Å². The van der Waals surface area contributed by atoms with Gasteiger partial charge in [-0.05, 0) is 17.7 Å². The lowest BCUT2D eigenvalue weighted by Gasteiger charge is -2.02. The minimum atomic E-state index is -0.00757. The summed E-state index contributed by atoms with van der Waals surface area (Å²) in [6.07, 6.45) is 3.53. The molecule has 1 aromatic heterocycles. The van der Waals surface area contributed by atoms with Crippen LogP contribution in [-0.2, 0) is 13.6 Å². The standard InChI is InChI=1S/C11H13N3O/c1-13-6-7-14(11(13)15)8-9-2-4-10(12)5-3-9/h2-7H,8,12H2,1H3. The van der Waals surface area contributed by atoms with Gasteiger partial charge in [-0.15, -0.1) is 0 Å². The summed E-state index contributed by atoms with van der Waals surface area (Å²) < 4.78 is 3.21. The topological polar surface area (TPSA) is 52.9 Å². The van der Waals surface area contributed by atoms with Gasteiger partial charge in [0.25, 0.3) is 0 Å². The summed E-state index contributed by atoms with van der Waals surface area (Å²) in [5.74, 6) is 0. The Labute approximate surface area is 87.6 Å². The number of hydrogen-bond donors (Lipinski definition) is 1. The zero-order valence-corrected chi connectivity index (χ0v) is 8.55. The third-order valence-electron chi connectivity index (χ3n) is 2.35. The molecule has 1 heterocycles. The molecule has 78 valence electrons. The highest BCUT2D eigenvalue weighted by atomic mass is 16.1. The van der Waals surface area contributed by atoms with Crippen molar-refractivity contribution in [3.05, 3.63) is 52.7 Å². The largest absolute Gasteiger partial charge is 0.399 e. The van der Waals surface area contributed by atoms with Crippen LogP contribution in [0.5, 0.6) is 0 Å². The smallest absolute Gasteiger partial charge is 0.328 e. The van der Waals surface area contributed by atoms with E-state index in [1.807, 2.05) is 24.3 Å². The van der Waals surface area contributed by atoms with Crippen LogP contribution in [0.1, 0.15) is 5.56 Å². The first kappa shape index (κ1) is 9.58. The monoisotopic (exact) mass is 203 g/mol. The van der Waals surface area contributed by atoms with Gasteiger partial charge in [0, 0.05) is 25.1 Å². The Morgan fingerprint density at radius 3 is 2.40 bits per heavy atom. The molecule has 15 heavy (non-hydrogen) atoms. The van der Waals surface area contributed by atoms with Gasteiger partial charge in [-0.2, -0.15) is 0 Å². The first-order valence-corrected chi connectivity index (χ1v) is 4.73. The highest BCUT2D eigenvalue weighted by Gasteiger charge is 2.00. The fourth-order valence-corrected chi connectivity index (χ4v) is 1.45. The van der Waals surface area contributed by atoms with E-state index in [-0.39, 0.29) is 5.69 Å². The van der Waals surface area contributed by atoms with Crippen LogP contribution in [0.3, 0.4) is 0 Å². The van der Waals surface area contributed by atoms with Crippen molar-refractivity contribution >= 4 is 5.69 Å². The lowest BCUT2D eigenvalue weighted by molar-refractivity contribution is 0.718. The third kappa shape index (κ3) is 1.93. The number of benzene rings is 1. The summed E-state index contributed by atoms with van der Waals surface area (Å²) in [7, 11) is 1.74. The average Bonchev–Trinajstić information content (AvgIpc) is 2.53. The minimum absolute atomic E-state index is 0.00757. The molecule has 0 fully saturated rings. The van der Waals surface area contributed by atoms with Crippen molar-refractivity contribution < 1.29 is 0 Å². The van der Waals surface area contributed by atoms with Crippen molar-refractivity contribution in [3.63, 3.8) is 0 Å². The van der Waals surface area contributed by atoms with E-state index < -0.39 is 0 Å². The fourth-order valence-electron chi connectivity index (χ4n) is 1.45. The van der Waals surface area contributed by atoms with Crippen LogP contribution >= 0.6 is 0 Å². The summed E-state index contributed by atoms with van der Waals surface area (Å²) >= 11 is 0. The molecule has 0 saturated carbocycles. The Hall–Kier alpha value is -1.97. The number of aryl methyl sites for hydroxylation is 1. The number of anilines is 1. The van der Waals surface area contributed by atoms with Gasteiger partial charge in [0.2, 0.25) is 0 Å². The molecule has 2 aromatic rings.